The van der Waals surface area contributed by atoms with Crippen LogP contribution in [0.2, 0.25) is 0 Å². The summed E-state index contributed by atoms with van der Waals surface area (Å²) in [6.45, 7) is 2.19. The first-order chi connectivity index (χ1) is 20.0. The van der Waals surface area contributed by atoms with Gasteiger partial charge < -0.3 is 14.8 Å². The number of nitrogens with one attached hydrogen (secondary N) is 1. The molecule has 0 radical (unpaired) electrons. The number of hydrogen-bond donors (Lipinski definition) is 1. The van der Waals surface area contributed by atoms with E-state index in [4.69, 9.17) is 9.47 Å². The number of ether oxygens (including phenoxy) is 2. The van der Waals surface area contributed by atoms with Crippen LogP contribution in [0.15, 0.2) is 83.7 Å². The Bertz CT molecular complexity index is 1690. The molecule has 0 saturated carbocycles. The molecule has 1 aliphatic carbocycles. The van der Waals surface area contributed by atoms with Gasteiger partial charge in [-0.3, -0.25) is 14.2 Å². The van der Waals surface area contributed by atoms with Gasteiger partial charge in [-0.1, -0.05) is 66.7 Å². The van der Waals surface area contributed by atoms with E-state index in [1.165, 1.54) is 16.2 Å². The van der Waals surface area contributed by atoms with Crippen LogP contribution in [0.5, 0.6) is 5.75 Å². The van der Waals surface area contributed by atoms with Gasteiger partial charge in [0.2, 0.25) is 5.91 Å². The highest BCUT2D eigenvalue weighted by Gasteiger charge is 2.22. The average molecular weight is 569 g/mol. The van der Waals surface area contributed by atoms with E-state index in [1.807, 2.05) is 72.8 Å². The lowest BCUT2D eigenvalue weighted by molar-refractivity contribution is -0.135. The van der Waals surface area contributed by atoms with Crippen molar-refractivity contribution in [2.45, 2.75) is 45.4 Å². The Morgan fingerprint density at radius 1 is 1.02 bits per heavy atom. The predicted octanol–water partition coefficient (Wildman–Crippen LogP) is 3.86. The quantitative estimate of drug-likeness (QED) is 0.310. The first-order valence-electron chi connectivity index (χ1n) is 13.7. The van der Waals surface area contributed by atoms with E-state index >= 15 is 0 Å². The third-order valence-corrected chi connectivity index (χ3v) is 7.96. The van der Waals surface area contributed by atoms with Gasteiger partial charge in [-0.15, -0.1) is 11.3 Å². The Morgan fingerprint density at radius 2 is 1.78 bits per heavy atom. The zero-order valence-electron chi connectivity index (χ0n) is 22.9. The standard InChI is InChI=1S/C33H32N2O5S/c1-2-39-32(37)20-31-35(21-30(36)34-28-14-8-12-25-11-6-7-13-27(25)28)33(38)29(41-31)19-23-15-17-26(18-16-23)40-22-24-9-4-3-5-10-24/h3-7,9-11,13,15-20,28H,2,8,12,14,21-22H2,1H3,(H,34,36). The van der Waals surface area contributed by atoms with Crippen molar-refractivity contribution < 1.29 is 19.1 Å². The summed E-state index contributed by atoms with van der Waals surface area (Å²) in [6, 6.07) is 25.4. The van der Waals surface area contributed by atoms with Crippen molar-refractivity contribution in [3.63, 3.8) is 0 Å². The van der Waals surface area contributed by atoms with Crippen LogP contribution in [-0.4, -0.2) is 23.1 Å². The molecule has 41 heavy (non-hydrogen) atoms. The molecule has 1 heterocycles. The zero-order valence-corrected chi connectivity index (χ0v) is 23.7. The molecule has 4 aromatic rings. The summed E-state index contributed by atoms with van der Waals surface area (Å²) in [5, 5.41) is 3.10. The monoisotopic (exact) mass is 568 g/mol. The highest BCUT2D eigenvalue weighted by molar-refractivity contribution is 7.07. The van der Waals surface area contributed by atoms with Gasteiger partial charge in [-0.05, 0) is 66.6 Å². The minimum absolute atomic E-state index is 0.104. The molecule has 7 nitrogen and oxygen atoms in total. The number of rotatable bonds is 9. The van der Waals surface area contributed by atoms with E-state index in [2.05, 4.69) is 11.4 Å². The molecule has 1 aliphatic rings. The van der Waals surface area contributed by atoms with Gasteiger partial charge in [-0.25, -0.2) is 4.79 Å². The molecule has 0 bridgehead atoms. The number of carbonyl (C=O) groups is 2. The van der Waals surface area contributed by atoms with E-state index in [-0.39, 0.29) is 30.7 Å². The minimum atomic E-state index is -0.560. The third kappa shape index (κ3) is 7.21. The Hall–Kier alpha value is -4.43. The summed E-state index contributed by atoms with van der Waals surface area (Å²) in [5.41, 5.74) is 3.89. The molecule has 1 unspecified atom stereocenters. The Morgan fingerprint density at radius 3 is 2.56 bits per heavy atom. The van der Waals surface area contributed by atoms with Crippen LogP contribution in [0.1, 0.15) is 48.1 Å². The number of aromatic nitrogens is 1. The molecular weight excluding hydrogens is 536 g/mol. The highest BCUT2D eigenvalue weighted by Crippen LogP contribution is 2.29. The summed E-state index contributed by atoms with van der Waals surface area (Å²) in [7, 11) is 0. The number of nitrogens with zero attached hydrogens (tertiary/aromatic N) is 1. The van der Waals surface area contributed by atoms with E-state index in [0.717, 1.165) is 47.3 Å². The molecule has 0 fully saturated rings. The van der Waals surface area contributed by atoms with Crippen molar-refractivity contribution in [3.8, 4) is 5.75 Å². The van der Waals surface area contributed by atoms with Crippen LogP contribution in [0.25, 0.3) is 12.2 Å². The molecule has 8 heteroatoms. The van der Waals surface area contributed by atoms with Crippen LogP contribution in [0.4, 0.5) is 0 Å². The number of esters is 1. The summed E-state index contributed by atoms with van der Waals surface area (Å²) in [4.78, 5) is 38.9. The van der Waals surface area contributed by atoms with E-state index < -0.39 is 5.97 Å². The predicted molar refractivity (Wildman–Crippen MR) is 160 cm³/mol. The van der Waals surface area contributed by atoms with Crippen molar-refractivity contribution in [1.29, 1.82) is 0 Å². The minimum Gasteiger partial charge on any atom is -0.489 e. The number of amides is 1. The molecule has 210 valence electrons. The summed E-state index contributed by atoms with van der Waals surface area (Å²) >= 11 is 1.15. The number of thiazole rings is 1. The first kappa shape index (κ1) is 28.1. The van der Waals surface area contributed by atoms with Gasteiger partial charge in [0.25, 0.3) is 5.56 Å². The fourth-order valence-corrected chi connectivity index (χ4v) is 5.95. The van der Waals surface area contributed by atoms with Crippen LogP contribution >= 0.6 is 11.3 Å². The Balaban J connectivity index is 1.37. The largest absolute Gasteiger partial charge is 0.489 e. The molecule has 1 atom stereocenters. The average Bonchev–Trinajstić information content (AvgIpc) is 3.26. The Labute approximate surface area is 242 Å². The van der Waals surface area contributed by atoms with E-state index in [0.29, 0.717) is 21.6 Å². The number of carbonyl (C=O) groups excluding carboxylic acids is 2. The molecule has 5 rings (SSSR count). The molecule has 0 spiro atoms. The Kier molecular flexibility index (Phi) is 9.11. The third-order valence-electron chi connectivity index (χ3n) is 6.90. The zero-order chi connectivity index (χ0) is 28.6. The van der Waals surface area contributed by atoms with Gasteiger partial charge in [0, 0.05) is 0 Å². The van der Waals surface area contributed by atoms with Gasteiger partial charge >= 0.3 is 5.97 Å². The van der Waals surface area contributed by atoms with E-state index in [1.54, 1.807) is 13.0 Å². The normalized spacial score (nSPS) is 15.3. The van der Waals surface area contributed by atoms with Crippen LogP contribution in [-0.2, 0) is 33.9 Å². The lowest BCUT2D eigenvalue weighted by Crippen LogP contribution is -2.40. The van der Waals surface area contributed by atoms with Crippen molar-refractivity contribution >= 4 is 35.4 Å². The maximum absolute atomic E-state index is 13.5. The lowest BCUT2D eigenvalue weighted by Gasteiger charge is -2.26. The first-order valence-corrected chi connectivity index (χ1v) is 14.6. The summed E-state index contributed by atoms with van der Waals surface area (Å²) in [5.74, 6) is -0.126. The SMILES string of the molecule is CCOC(=O)C=c1sc(=Cc2ccc(OCc3ccccc3)cc2)c(=O)n1CC(=O)NC1CCCc2ccccc21. The van der Waals surface area contributed by atoms with Gasteiger partial charge in [0.15, 0.2) is 0 Å². The van der Waals surface area contributed by atoms with Crippen LogP contribution in [0, 0.1) is 0 Å². The molecule has 0 aliphatic heterocycles. The van der Waals surface area contributed by atoms with Crippen molar-refractivity contribution in [2.75, 3.05) is 6.61 Å². The second-order valence-corrected chi connectivity index (χ2v) is 10.9. The maximum Gasteiger partial charge on any atom is 0.333 e. The molecule has 0 saturated heterocycles. The second kappa shape index (κ2) is 13.3. The van der Waals surface area contributed by atoms with Crippen molar-refractivity contribution in [1.82, 2.24) is 9.88 Å². The number of hydrogen-bond acceptors (Lipinski definition) is 6. The van der Waals surface area contributed by atoms with Crippen molar-refractivity contribution in [2.24, 2.45) is 0 Å². The second-order valence-electron chi connectivity index (χ2n) is 9.79. The molecular formula is C33H32N2O5S. The smallest absolute Gasteiger partial charge is 0.333 e. The fourth-order valence-electron chi connectivity index (χ4n) is 4.92. The van der Waals surface area contributed by atoms with Crippen LogP contribution < -0.4 is 24.8 Å². The van der Waals surface area contributed by atoms with Gasteiger partial charge in [-0.2, -0.15) is 0 Å². The van der Waals surface area contributed by atoms with Gasteiger partial charge in [0.1, 0.15) is 23.6 Å². The van der Waals surface area contributed by atoms with Crippen LogP contribution in [0.3, 0.4) is 0 Å². The van der Waals surface area contributed by atoms with E-state index in [9.17, 15) is 14.4 Å². The number of fused-ring (bicyclic) bond motifs is 1. The lowest BCUT2D eigenvalue weighted by atomic mass is 9.88. The fraction of sp³-hybridized carbons (Fsp3) is 0.242. The van der Waals surface area contributed by atoms with Gasteiger partial charge in [0.05, 0.1) is 23.3 Å². The maximum atomic E-state index is 13.5. The highest BCUT2D eigenvalue weighted by atomic mass is 32.1. The topological polar surface area (TPSA) is 86.6 Å². The molecule has 1 N–H and O–H groups in total. The number of benzene rings is 3. The summed E-state index contributed by atoms with van der Waals surface area (Å²) in [6.07, 6.45) is 5.84. The van der Waals surface area contributed by atoms with Crippen molar-refractivity contribution in [3.05, 3.63) is 121 Å². The number of aryl methyl sites for hydroxylation is 1. The summed E-state index contributed by atoms with van der Waals surface area (Å²) < 4.78 is 13.1. The molecule has 3 aromatic carbocycles. The molecule has 1 aromatic heterocycles. The molecule has 1 amide bonds.